The second-order valence-electron chi connectivity index (χ2n) is 16.6. The van der Waals surface area contributed by atoms with Crippen LogP contribution >= 0.6 is 11.6 Å². The minimum Gasteiger partial charge on any atom is -0.341 e. The van der Waals surface area contributed by atoms with Gasteiger partial charge in [0.15, 0.2) is 17.5 Å². The number of hydrogen-bond acceptors (Lipinski definition) is 7. The molecule has 1 atom stereocenters. The quantitative estimate of drug-likeness (QED) is 0.130. The average Bonchev–Trinajstić information content (AvgIpc) is 3.73. The van der Waals surface area contributed by atoms with E-state index in [0.717, 1.165) is 19.0 Å². The fourth-order valence-corrected chi connectivity index (χ4v) is 8.67. The molecule has 292 valence electrons. The Morgan fingerprint density at radius 1 is 1.05 bits per heavy atom. The molecule has 3 fully saturated rings. The fourth-order valence-electron chi connectivity index (χ4n) is 8.44. The van der Waals surface area contributed by atoms with E-state index in [2.05, 4.69) is 27.4 Å². The first-order chi connectivity index (χ1) is 25.9. The average molecular weight is 785 g/mol. The van der Waals surface area contributed by atoms with Gasteiger partial charge in [-0.3, -0.25) is 19.5 Å². The molecule has 2 saturated carbocycles. The number of benzene rings is 1. The number of anilines is 3. The van der Waals surface area contributed by atoms with Gasteiger partial charge in [-0.2, -0.15) is 0 Å². The standard InChI is InChI=1S/C39H42ClF5N8O2/c1-19(2)52-18-47-26-13-24(48-33(31(26)52)49-25-12-23(28(40)30(43)29(25)42)34(54)50-39(8-9-39)35(44)45)20-11-27-32(46-16-20)37(3,4)36(55)53(27)22-14-38(5,15-22)51-10-6-7-21(41)17-51/h11-13,16,18-19,21-22,35H,6-10,14-15,17H2,1-5H3,(H,48,49)(H,50,54)/t21-,22?,38?/m0/s1. The summed E-state index contributed by atoms with van der Waals surface area (Å²) in [7, 11) is 0. The first kappa shape index (κ1) is 37.5. The lowest BCUT2D eigenvalue weighted by Gasteiger charge is -2.56. The van der Waals surface area contributed by atoms with Gasteiger partial charge in [-0.15, -0.1) is 0 Å². The number of alkyl halides is 3. The molecule has 3 aromatic heterocycles. The lowest BCUT2D eigenvalue weighted by molar-refractivity contribution is -0.124. The number of amides is 2. The van der Waals surface area contributed by atoms with E-state index in [9.17, 15) is 22.8 Å². The number of likely N-dealkylation sites (tertiary alicyclic amines) is 1. The summed E-state index contributed by atoms with van der Waals surface area (Å²) in [4.78, 5) is 45.3. The van der Waals surface area contributed by atoms with Crippen molar-refractivity contribution in [2.75, 3.05) is 23.3 Å². The Labute approximate surface area is 319 Å². The van der Waals surface area contributed by atoms with Crippen molar-refractivity contribution >= 4 is 51.6 Å². The molecule has 0 bridgehead atoms. The second kappa shape index (κ2) is 13.1. The SMILES string of the molecule is CC(C)n1cnc2cc(-c3cnc4c(c3)N(C3CC(C)(N5CCC[C@H](F)C5)C3)C(=O)C4(C)C)nc(Nc3cc(C(=O)NC4(C(F)F)CC4)c(Cl)c(F)c3F)c21. The van der Waals surface area contributed by atoms with Crippen LogP contribution in [0.3, 0.4) is 0 Å². The number of pyridine rings is 2. The number of aromatic nitrogens is 4. The van der Waals surface area contributed by atoms with Crippen LogP contribution in [0.25, 0.3) is 22.3 Å². The van der Waals surface area contributed by atoms with Crippen LogP contribution in [0, 0.1) is 11.6 Å². The lowest BCUT2D eigenvalue weighted by Crippen LogP contribution is -2.64. The van der Waals surface area contributed by atoms with Crippen LogP contribution in [-0.2, 0) is 10.2 Å². The highest BCUT2D eigenvalue weighted by molar-refractivity contribution is 6.34. The lowest BCUT2D eigenvalue weighted by atomic mass is 9.71. The van der Waals surface area contributed by atoms with Crippen molar-refractivity contribution in [3.8, 4) is 11.3 Å². The third-order valence-corrected chi connectivity index (χ3v) is 12.3. The van der Waals surface area contributed by atoms with Crippen molar-refractivity contribution in [3.05, 3.63) is 58.6 Å². The number of hydrogen-bond donors (Lipinski definition) is 2. The van der Waals surface area contributed by atoms with Crippen LogP contribution in [0.4, 0.5) is 39.1 Å². The van der Waals surface area contributed by atoms with Gasteiger partial charge >= 0.3 is 0 Å². The molecule has 55 heavy (non-hydrogen) atoms. The van der Waals surface area contributed by atoms with Crippen LogP contribution in [0.15, 0.2) is 30.7 Å². The van der Waals surface area contributed by atoms with E-state index >= 15 is 8.78 Å². The largest absolute Gasteiger partial charge is 0.341 e. The molecule has 0 spiro atoms. The molecule has 8 rings (SSSR count). The highest BCUT2D eigenvalue weighted by Gasteiger charge is 2.55. The van der Waals surface area contributed by atoms with Crippen molar-refractivity contribution in [2.24, 2.45) is 0 Å². The number of carbonyl (C=O) groups is 2. The minimum absolute atomic E-state index is 0.0388. The Bertz CT molecular complexity index is 2240. The van der Waals surface area contributed by atoms with Gasteiger partial charge < -0.3 is 20.1 Å². The third kappa shape index (κ3) is 6.12. The number of nitrogens with one attached hydrogen (secondary N) is 2. The fraction of sp³-hybridized carbons (Fsp3) is 0.513. The van der Waals surface area contributed by atoms with Crippen molar-refractivity contribution in [3.63, 3.8) is 0 Å². The Balaban J connectivity index is 1.16. The van der Waals surface area contributed by atoms with Crippen LogP contribution in [-0.4, -0.2) is 79.0 Å². The molecule has 2 aliphatic heterocycles. The van der Waals surface area contributed by atoms with Crippen molar-refractivity contribution in [2.45, 2.75) is 114 Å². The zero-order valence-electron chi connectivity index (χ0n) is 31.1. The number of nitrogens with zero attached hydrogens (tertiary/aromatic N) is 6. The Morgan fingerprint density at radius 3 is 2.44 bits per heavy atom. The molecular weight excluding hydrogens is 743 g/mol. The van der Waals surface area contributed by atoms with E-state index in [1.54, 1.807) is 23.2 Å². The number of fused-ring (bicyclic) bond motifs is 2. The molecule has 1 aromatic carbocycles. The molecule has 2 N–H and O–H groups in total. The molecule has 5 heterocycles. The van der Waals surface area contributed by atoms with Crippen LogP contribution in [0.2, 0.25) is 5.02 Å². The topological polar surface area (TPSA) is 108 Å². The summed E-state index contributed by atoms with van der Waals surface area (Å²) in [6.07, 6.45) is 2.31. The Kier molecular flexibility index (Phi) is 8.95. The van der Waals surface area contributed by atoms with Crippen molar-refractivity contribution in [1.29, 1.82) is 0 Å². The molecule has 1 saturated heterocycles. The maximum absolute atomic E-state index is 15.6. The molecule has 2 amide bonds. The second-order valence-corrected chi connectivity index (χ2v) is 16.9. The monoisotopic (exact) mass is 784 g/mol. The smallest absolute Gasteiger partial charge is 0.261 e. The zero-order valence-corrected chi connectivity index (χ0v) is 31.9. The highest BCUT2D eigenvalue weighted by atomic mass is 35.5. The molecule has 0 unspecified atom stereocenters. The van der Waals surface area contributed by atoms with Gasteiger partial charge in [0.25, 0.3) is 12.3 Å². The number of halogens is 6. The van der Waals surface area contributed by atoms with E-state index in [0.29, 0.717) is 59.5 Å². The van der Waals surface area contributed by atoms with Crippen LogP contribution in [0.5, 0.6) is 0 Å². The van der Waals surface area contributed by atoms with Gasteiger partial charge in [0.2, 0.25) is 5.91 Å². The maximum atomic E-state index is 15.6. The van der Waals surface area contributed by atoms with Gasteiger partial charge in [0.05, 0.1) is 50.6 Å². The normalized spacial score (nSPS) is 24.4. The summed E-state index contributed by atoms with van der Waals surface area (Å²) < 4.78 is 74.3. The molecule has 2 aliphatic carbocycles. The Hall–Kier alpha value is -4.37. The highest BCUT2D eigenvalue weighted by Crippen LogP contribution is 2.50. The summed E-state index contributed by atoms with van der Waals surface area (Å²) in [5.74, 6) is -4.01. The molecule has 4 aromatic rings. The number of rotatable bonds is 9. The third-order valence-electron chi connectivity index (χ3n) is 11.9. The molecule has 4 aliphatic rings. The van der Waals surface area contributed by atoms with E-state index in [1.165, 1.54) is 0 Å². The Morgan fingerprint density at radius 2 is 1.78 bits per heavy atom. The van der Waals surface area contributed by atoms with Crippen molar-refractivity contribution < 1.29 is 31.5 Å². The summed E-state index contributed by atoms with van der Waals surface area (Å²) >= 11 is 6.06. The predicted molar refractivity (Wildman–Crippen MR) is 199 cm³/mol. The molecule has 10 nitrogen and oxygen atoms in total. The van der Waals surface area contributed by atoms with Gasteiger partial charge in [-0.1, -0.05) is 11.6 Å². The number of imidazole rings is 1. The maximum Gasteiger partial charge on any atom is 0.261 e. The molecule has 0 radical (unpaired) electrons. The van der Waals surface area contributed by atoms with E-state index in [4.69, 9.17) is 21.6 Å². The minimum atomic E-state index is -2.85. The van der Waals surface area contributed by atoms with Gasteiger partial charge in [0, 0.05) is 35.9 Å². The molecular formula is C39H42ClF5N8O2. The summed E-state index contributed by atoms with van der Waals surface area (Å²) in [5, 5.41) is 4.24. The predicted octanol–water partition coefficient (Wildman–Crippen LogP) is 8.26. The summed E-state index contributed by atoms with van der Waals surface area (Å²) in [5.41, 5.74) is -0.837. The first-order valence-electron chi connectivity index (χ1n) is 18.6. The van der Waals surface area contributed by atoms with Crippen LogP contribution in [0.1, 0.15) is 95.2 Å². The van der Waals surface area contributed by atoms with E-state index < -0.39 is 57.4 Å². The zero-order chi connectivity index (χ0) is 39.4. The van der Waals surface area contributed by atoms with Gasteiger partial charge in [-0.05, 0) is 97.9 Å². The molecule has 16 heteroatoms. The van der Waals surface area contributed by atoms with E-state index in [-0.39, 0.29) is 42.2 Å². The summed E-state index contributed by atoms with van der Waals surface area (Å²) in [6.45, 7) is 10.8. The number of carbonyl (C=O) groups excluding carboxylic acids is 2. The van der Waals surface area contributed by atoms with Crippen molar-refractivity contribution in [1.82, 2.24) is 29.7 Å². The van der Waals surface area contributed by atoms with Gasteiger partial charge in [-0.25, -0.2) is 31.9 Å². The van der Waals surface area contributed by atoms with Gasteiger partial charge in [0.1, 0.15) is 17.2 Å². The van der Waals surface area contributed by atoms with E-state index in [1.807, 2.05) is 38.7 Å². The first-order valence-corrected chi connectivity index (χ1v) is 19.0. The van der Waals surface area contributed by atoms with Crippen LogP contribution < -0.4 is 15.5 Å². The number of piperidine rings is 1. The summed E-state index contributed by atoms with van der Waals surface area (Å²) in [6, 6.07) is 4.31.